The number of aromatic hydroxyl groups is 1. The quantitative estimate of drug-likeness (QED) is 0.190. The third-order valence-electron chi connectivity index (χ3n) is 8.60. The number of piperidine rings is 1. The van der Waals surface area contributed by atoms with Gasteiger partial charge in [0, 0.05) is 33.6 Å². The molecule has 1 aliphatic heterocycles. The molecule has 5 rings (SSSR count). The first-order valence-electron chi connectivity index (χ1n) is 16.1. The summed E-state index contributed by atoms with van der Waals surface area (Å²) < 4.78 is 12.1. The number of hydrogen-bond acceptors (Lipinski definition) is 7. The van der Waals surface area contributed by atoms with Crippen LogP contribution in [0, 0.1) is 0 Å². The number of nitrogens with one attached hydrogen (secondary N) is 1. The number of anilines is 2. The normalized spacial score (nSPS) is 16.2. The van der Waals surface area contributed by atoms with Gasteiger partial charge in [-0.2, -0.15) is 0 Å². The second kappa shape index (κ2) is 12.6. The maximum Gasteiger partial charge on any atom is 0.171 e. The number of aromatic nitrogens is 2. The van der Waals surface area contributed by atoms with Crippen molar-refractivity contribution in [2.45, 2.75) is 98.2 Å². The molecule has 4 aromatic rings. The molecule has 1 saturated heterocycles. The zero-order valence-electron chi connectivity index (χ0n) is 27.6. The number of nitrogens with zero attached hydrogens (tertiary/aromatic N) is 3. The van der Waals surface area contributed by atoms with E-state index in [1.54, 1.807) is 0 Å². The van der Waals surface area contributed by atoms with E-state index in [9.17, 15) is 5.11 Å². The number of phenolic OH excluding ortho intramolecular Hbond substituents is 1. The summed E-state index contributed by atoms with van der Waals surface area (Å²) in [6.07, 6.45) is 3.82. The molecule has 0 saturated carbocycles. The van der Waals surface area contributed by atoms with Crippen molar-refractivity contribution < 1.29 is 14.6 Å². The molecule has 1 fully saturated rings. The fourth-order valence-electron chi connectivity index (χ4n) is 7.32. The van der Waals surface area contributed by atoms with Crippen molar-refractivity contribution in [3.63, 3.8) is 0 Å². The highest BCUT2D eigenvalue weighted by atomic mass is 16.5. The summed E-state index contributed by atoms with van der Waals surface area (Å²) >= 11 is 0. The average molecular weight is 597 g/mol. The molecule has 3 aromatic carbocycles. The Hall–Kier alpha value is -3.84. The standard InChI is InChI=1S/C37H48N4O3/c1-9-24-16-15-19-30(26(24)10-2)41(25-22-36(5,6)40-37(7,8)23-25)31-21-20-29(38-39-31)32-33(42)35(44-12-4)28-18-14-13-17-27(28)34(32)43-11-3/h13-21,25,40,42H,9-12,22-23H2,1-8H3. The van der Waals surface area contributed by atoms with Gasteiger partial charge in [0.05, 0.1) is 18.8 Å². The molecule has 1 aromatic heterocycles. The van der Waals surface area contributed by atoms with Crippen molar-refractivity contribution in [2.75, 3.05) is 18.1 Å². The van der Waals surface area contributed by atoms with Gasteiger partial charge in [0.1, 0.15) is 11.4 Å². The monoisotopic (exact) mass is 596 g/mol. The Morgan fingerprint density at radius 3 is 2.00 bits per heavy atom. The van der Waals surface area contributed by atoms with Gasteiger partial charge in [0.2, 0.25) is 0 Å². The number of phenols is 1. The molecule has 0 aliphatic carbocycles. The minimum atomic E-state index is -0.0499. The summed E-state index contributed by atoms with van der Waals surface area (Å²) in [7, 11) is 0. The molecule has 0 radical (unpaired) electrons. The van der Waals surface area contributed by atoms with E-state index in [1.165, 1.54) is 16.8 Å². The van der Waals surface area contributed by atoms with Crippen LogP contribution >= 0.6 is 0 Å². The maximum atomic E-state index is 11.6. The van der Waals surface area contributed by atoms with Gasteiger partial charge < -0.3 is 24.8 Å². The molecule has 2 N–H and O–H groups in total. The van der Waals surface area contributed by atoms with Gasteiger partial charge in [0.15, 0.2) is 17.3 Å². The molecule has 0 amide bonds. The van der Waals surface area contributed by atoms with E-state index >= 15 is 0 Å². The number of aryl methyl sites for hydroxylation is 1. The zero-order valence-corrected chi connectivity index (χ0v) is 27.6. The highest BCUT2D eigenvalue weighted by molar-refractivity contribution is 6.02. The predicted octanol–water partition coefficient (Wildman–Crippen LogP) is 8.37. The lowest BCUT2D eigenvalue weighted by Crippen LogP contribution is -2.61. The summed E-state index contributed by atoms with van der Waals surface area (Å²) in [6.45, 7) is 18.3. The Balaban J connectivity index is 1.69. The van der Waals surface area contributed by atoms with Crippen LogP contribution in [0.5, 0.6) is 17.2 Å². The number of benzene rings is 3. The number of ether oxygens (including phenoxy) is 2. The van der Waals surface area contributed by atoms with Gasteiger partial charge in [-0.1, -0.05) is 50.2 Å². The lowest BCUT2D eigenvalue weighted by molar-refractivity contribution is 0.162. The summed E-state index contributed by atoms with van der Waals surface area (Å²) in [5.41, 5.74) is 4.82. The molecule has 0 atom stereocenters. The van der Waals surface area contributed by atoms with Crippen molar-refractivity contribution in [3.05, 3.63) is 65.7 Å². The molecule has 44 heavy (non-hydrogen) atoms. The lowest BCUT2D eigenvalue weighted by Gasteiger charge is -2.50. The number of rotatable bonds is 10. The molecular weight excluding hydrogens is 548 g/mol. The first kappa shape index (κ1) is 31.6. The van der Waals surface area contributed by atoms with Crippen LogP contribution in [-0.2, 0) is 12.8 Å². The SMILES string of the molecule is CCOc1c(O)c(-c2ccc(N(c3cccc(CC)c3CC)C3CC(C)(C)NC(C)(C)C3)nn2)c(OCC)c2ccccc12. The van der Waals surface area contributed by atoms with Crippen LogP contribution in [0.3, 0.4) is 0 Å². The highest BCUT2D eigenvalue weighted by Crippen LogP contribution is 2.50. The van der Waals surface area contributed by atoms with Crippen LogP contribution in [-0.4, -0.2) is 45.6 Å². The van der Waals surface area contributed by atoms with Crippen molar-refractivity contribution >= 4 is 22.3 Å². The van der Waals surface area contributed by atoms with E-state index in [2.05, 4.69) is 70.0 Å². The lowest BCUT2D eigenvalue weighted by atomic mass is 9.78. The summed E-state index contributed by atoms with van der Waals surface area (Å²) in [5, 5.41) is 26.7. The second-order valence-electron chi connectivity index (χ2n) is 13.0. The van der Waals surface area contributed by atoms with E-state index in [4.69, 9.17) is 19.7 Å². The van der Waals surface area contributed by atoms with Gasteiger partial charge in [0.25, 0.3) is 0 Å². The van der Waals surface area contributed by atoms with Crippen LogP contribution in [0.4, 0.5) is 11.5 Å². The van der Waals surface area contributed by atoms with E-state index in [0.717, 1.165) is 42.3 Å². The molecule has 7 nitrogen and oxygen atoms in total. The molecule has 0 spiro atoms. The van der Waals surface area contributed by atoms with E-state index in [0.29, 0.717) is 36.0 Å². The third kappa shape index (κ3) is 6.07. The van der Waals surface area contributed by atoms with Crippen LogP contribution in [0.1, 0.15) is 79.4 Å². The van der Waals surface area contributed by atoms with Crippen LogP contribution < -0.4 is 19.7 Å². The largest absolute Gasteiger partial charge is 0.504 e. The fourth-order valence-corrected chi connectivity index (χ4v) is 7.32. The summed E-state index contributed by atoms with van der Waals surface area (Å²) in [6, 6.07) is 18.6. The number of fused-ring (bicyclic) bond motifs is 1. The second-order valence-corrected chi connectivity index (χ2v) is 13.0. The van der Waals surface area contributed by atoms with Gasteiger partial charge in [-0.3, -0.25) is 0 Å². The molecule has 2 heterocycles. The Morgan fingerprint density at radius 2 is 1.43 bits per heavy atom. The molecule has 7 heteroatoms. The van der Waals surface area contributed by atoms with Crippen molar-refractivity contribution in [3.8, 4) is 28.5 Å². The topological polar surface area (TPSA) is 79.7 Å². The highest BCUT2D eigenvalue weighted by Gasteiger charge is 2.41. The van der Waals surface area contributed by atoms with Crippen molar-refractivity contribution in [1.29, 1.82) is 0 Å². The first-order valence-corrected chi connectivity index (χ1v) is 16.1. The fraction of sp³-hybridized carbons (Fsp3) is 0.459. The zero-order chi connectivity index (χ0) is 31.6. The third-order valence-corrected chi connectivity index (χ3v) is 8.60. The van der Waals surface area contributed by atoms with Crippen LogP contribution in [0.2, 0.25) is 0 Å². The minimum absolute atomic E-state index is 0.0127. The van der Waals surface area contributed by atoms with Crippen molar-refractivity contribution in [2.24, 2.45) is 0 Å². The van der Waals surface area contributed by atoms with Gasteiger partial charge in [-0.25, -0.2) is 0 Å². The van der Waals surface area contributed by atoms with Crippen LogP contribution in [0.15, 0.2) is 54.6 Å². The minimum Gasteiger partial charge on any atom is -0.504 e. The van der Waals surface area contributed by atoms with Gasteiger partial charge in [-0.05, 0) is 96.6 Å². The summed E-state index contributed by atoms with van der Waals surface area (Å²) in [4.78, 5) is 2.41. The maximum absolute atomic E-state index is 11.6. The Labute approximate surface area is 262 Å². The van der Waals surface area contributed by atoms with E-state index in [1.807, 2.05) is 50.2 Å². The molecule has 0 unspecified atom stereocenters. The Morgan fingerprint density at radius 1 is 0.795 bits per heavy atom. The Bertz CT molecular complexity index is 1600. The van der Waals surface area contributed by atoms with Gasteiger partial charge >= 0.3 is 0 Å². The Kier molecular flexibility index (Phi) is 9.07. The molecule has 234 valence electrons. The molecule has 1 aliphatic rings. The first-order chi connectivity index (χ1) is 21.0. The average Bonchev–Trinajstić information content (AvgIpc) is 2.98. The van der Waals surface area contributed by atoms with Gasteiger partial charge in [-0.15, -0.1) is 10.2 Å². The molecule has 0 bridgehead atoms. The smallest absolute Gasteiger partial charge is 0.171 e. The summed E-state index contributed by atoms with van der Waals surface area (Å²) in [5.74, 6) is 1.81. The van der Waals surface area contributed by atoms with Crippen LogP contribution in [0.25, 0.3) is 22.0 Å². The van der Waals surface area contributed by atoms with E-state index in [-0.39, 0.29) is 22.9 Å². The van der Waals surface area contributed by atoms with E-state index < -0.39 is 0 Å². The molecular formula is C37H48N4O3. The van der Waals surface area contributed by atoms with Crippen molar-refractivity contribution in [1.82, 2.24) is 15.5 Å². The predicted molar refractivity (Wildman–Crippen MR) is 181 cm³/mol. The number of hydrogen-bond donors (Lipinski definition) is 2.